The Morgan fingerprint density at radius 1 is 0.720 bits per heavy atom. The third kappa shape index (κ3) is 9.04. The predicted molar refractivity (Wildman–Crippen MR) is 100 cm³/mol. The zero-order chi connectivity index (χ0) is 17.6. The fraction of sp³-hybridized carbons (Fsp3) is 0.455. The van der Waals surface area contributed by atoms with Crippen molar-refractivity contribution in [2.24, 2.45) is 0 Å². The maximum absolute atomic E-state index is 11.7. The van der Waals surface area contributed by atoms with E-state index in [4.69, 9.17) is 4.74 Å². The van der Waals surface area contributed by atoms with Gasteiger partial charge < -0.3 is 4.74 Å². The summed E-state index contributed by atoms with van der Waals surface area (Å²) in [6.45, 7) is 1.12. The summed E-state index contributed by atoms with van der Waals surface area (Å²) in [5, 5.41) is 0. The lowest BCUT2D eigenvalue weighted by Crippen LogP contribution is -2.32. The number of pyridine rings is 1. The number of aryl methyl sites for hydroxylation is 1. The maximum atomic E-state index is 11.7. The molecule has 1 aromatic carbocycles. The van der Waals surface area contributed by atoms with Gasteiger partial charge in [0, 0.05) is 25.0 Å². The quantitative estimate of drug-likeness (QED) is 0.233. The molecule has 0 spiro atoms. The van der Waals surface area contributed by atoms with Crippen LogP contribution in [0.5, 0.6) is 5.75 Å². The van der Waals surface area contributed by atoms with Crippen molar-refractivity contribution in [3.8, 4) is 5.75 Å². The molecule has 2 aromatic rings. The summed E-state index contributed by atoms with van der Waals surface area (Å²) >= 11 is 0. The van der Waals surface area contributed by atoms with Gasteiger partial charge in [-0.15, -0.1) is 0 Å². The highest BCUT2D eigenvalue weighted by molar-refractivity contribution is 5.72. The van der Waals surface area contributed by atoms with E-state index in [-0.39, 0.29) is 5.97 Å². The van der Waals surface area contributed by atoms with Crippen LogP contribution in [0, 0.1) is 0 Å². The minimum Gasteiger partial charge on any atom is -0.427 e. The monoisotopic (exact) mass is 340 g/mol. The van der Waals surface area contributed by atoms with E-state index in [2.05, 4.69) is 35.2 Å². The molecule has 3 nitrogen and oxygen atoms in total. The zero-order valence-electron chi connectivity index (χ0n) is 15.1. The van der Waals surface area contributed by atoms with Gasteiger partial charge in [-0.3, -0.25) is 4.79 Å². The van der Waals surface area contributed by atoms with E-state index >= 15 is 0 Å². The fourth-order valence-corrected chi connectivity index (χ4v) is 2.88. The SMILES string of the molecule is O=C(CCCCCCCCCC[n+]1ccccc1)Oc1ccccc1. The number of rotatable bonds is 12. The molecule has 1 heterocycles. The molecular formula is C22H30NO2+. The second-order valence-corrected chi connectivity index (χ2v) is 6.48. The molecule has 0 saturated heterocycles. The second kappa shape index (κ2) is 12.2. The molecule has 0 amide bonds. The topological polar surface area (TPSA) is 30.2 Å². The molecule has 0 N–H and O–H groups in total. The lowest BCUT2D eigenvalue weighted by Gasteiger charge is -2.04. The molecule has 1 aromatic heterocycles. The van der Waals surface area contributed by atoms with Gasteiger partial charge >= 0.3 is 5.97 Å². The third-order valence-electron chi connectivity index (χ3n) is 4.30. The highest BCUT2D eigenvalue weighted by atomic mass is 16.5. The first-order valence-corrected chi connectivity index (χ1v) is 9.54. The Kier molecular flexibility index (Phi) is 9.38. The van der Waals surface area contributed by atoms with E-state index in [1.54, 1.807) is 0 Å². The van der Waals surface area contributed by atoms with Crippen LogP contribution in [0.25, 0.3) is 0 Å². The van der Waals surface area contributed by atoms with Gasteiger partial charge in [-0.1, -0.05) is 56.4 Å². The first-order valence-electron chi connectivity index (χ1n) is 9.54. The Bertz CT molecular complexity index is 583. The van der Waals surface area contributed by atoms with E-state index in [0.717, 1.165) is 19.4 Å². The molecule has 25 heavy (non-hydrogen) atoms. The molecule has 0 aliphatic carbocycles. The van der Waals surface area contributed by atoms with Crippen LogP contribution >= 0.6 is 0 Å². The minimum atomic E-state index is -0.121. The molecule has 0 aliphatic rings. The van der Waals surface area contributed by atoms with Crippen LogP contribution in [0.3, 0.4) is 0 Å². The standard InChI is InChI=1S/C22H30NO2/c24-22(25-21-15-9-7-10-16-21)17-11-5-3-1-2-4-6-12-18-23-19-13-8-14-20-23/h7-10,13-16,19-20H,1-6,11-12,17-18H2/q+1. The van der Waals surface area contributed by atoms with Crippen molar-refractivity contribution in [1.29, 1.82) is 0 Å². The van der Waals surface area contributed by atoms with Crippen molar-refractivity contribution >= 4 is 5.97 Å². The number of unbranched alkanes of at least 4 members (excludes halogenated alkanes) is 7. The highest BCUT2D eigenvalue weighted by Crippen LogP contribution is 2.12. The zero-order valence-corrected chi connectivity index (χ0v) is 15.1. The molecule has 0 bridgehead atoms. The van der Waals surface area contributed by atoms with Gasteiger partial charge in [-0.05, 0) is 25.0 Å². The van der Waals surface area contributed by atoms with Crippen molar-refractivity contribution in [1.82, 2.24) is 0 Å². The average molecular weight is 340 g/mol. The Balaban J connectivity index is 1.38. The van der Waals surface area contributed by atoms with Gasteiger partial charge in [-0.25, -0.2) is 4.57 Å². The number of carbonyl (C=O) groups excluding carboxylic acids is 1. The number of para-hydroxylation sites is 1. The number of aromatic nitrogens is 1. The number of hydrogen-bond donors (Lipinski definition) is 0. The van der Waals surface area contributed by atoms with Crippen molar-refractivity contribution < 1.29 is 14.1 Å². The van der Waals surface area contributed by atoms with Gasteiger partial charge in [-0.2, -0.15) is 0 Å². The Morgan fingerprint density at radius 2 is 1.28 bits per heavy atom. The van der Waals surface area contributed by atoms with Crippen LogP contribution in [0.1, 0.15) is 57.8 Å². The lowest BCUT2D eigenvalue weighted by atomic mass is 10.1. The molecule has 0 fully saturated rings. The summed E-state index contributed by atoms with van der Waals surface area (Å²) in [5.74, 6) is 0.519. The Morgan fingerprint density at radius 3 is 1.96 bits per heavy atom. The maximum Gasteiger partial charge on any atom is 0.311 e. The Hall–Kier alpha value is -2.16. The molecule has 0 saturated carbocycles. The first kappa shape index (κ1) is 19.2. The van der Waals surface area contributed by atoms with Crippen LogP contribution in [0.15, 0.2) is 60.9 Å². The summed E-state index contributed by atoms with van der Waals surface area (Å²) in [4.78, 5) is 11.7. The van der Waals surface area contributed by atoms with Crippen molar-refractivity contribution in [2.45, 2.75) is 64.3 Å². The van der Waals surface area contributed by atoms with E-state index in [9.17, 15) is 4.79 Å². The van der Waals surface area contributed by atoms with E-state index in [1.807, 2.05) is 30.3 Å². The van der Waals surface area contributed by atoms with E-state index in [0.29, 0.717) is 12.2 Å². The molecule has 134 valence electrons. The molecule has 3 heteroatoms. The lowest BCUT2D eigenvalue weighted by molar-refractivity contribution is -0.697. The Labute approximate surface area is 151 Å². The number of carbonyl (C=O) groups is 1. The van der Waals surface area contributed by atoms with Gasteiger partial charge in [0.2, 0.25) is 0 Å². The summed E-state index contributed by atoms with van der Waals surface area (Å²) in [6.07, 6.45) is 14.5. The fourth-order valence-electron chi connectivity index (χ4n) is 2.88. The number of ether oxygens (including phenoxy) is 1. The van der Waals surface area contributed by atoms with Crippen LogP contribution in [-0.2, 0) is 11.3 Å². The first-order chi connectivity index (χ1) is 12.3. The smallest absolute Gasteiger partial charge is 0.311 e. The summed E-state index contributed by atoms with van der Waals surface area (Å²) in [5.41, 5.74) is 0. The molecule has 0 unspecified atom stereocenters. The van der Waals surface area contributed by atoms with Crippen molar-refractivity contribution in [3.05, 3.63) is 60.9 Å². The second-order valence-electron chi connectivity index (χ2n) is 6.48. The molecule has 2 rings (SSSR count). The van der Waals surface area contributed by atoms with Crippen molar-refractivity contribution in [3.63, 3.8) is 0 Å². The largest absolute Gasteiger partial charge is 0.427 e. The molecule has 0 aliphatic heterocycles. The normalized spacial score (nSPS) is 10.6. The van der Waals surface area contributed by atoms with Crippen LogP contribution in [0.4, 0.5) is 0 Å². The van der Waals surface area contributed by atoms with Gasteiger partial charge in [0.05, 0.1) is 0 Å². The van der Waals surface area contributed by atoms with Gasteiger partial charge in [0.15, 0.2) is 12.4 Å². The number of nitrogens with zero attached hydrogens (tertiary/aromatic N) is 1. The summed E-state index contributed by atoms with van der Waals surface area (Å²) in [7, 11) is 0. The molecule has 0 atom stereocenters. The average Bonchev–Trinajstić information content (AvgIpc) is 2.65. The molecular weight excluding hydrogens is 310 g/mol. The molecule has 0 radical (unpaired) electrons. The number of benzene rings is 1. The summed E-state index contributed by atoms with van der Waals surface area (Å²) in [6, 6.07) is 15.5. The van der Waals surface area contributed by atoms with Gasteiger partial charge in [0.25, 0.3) is 0 Å². The number of hydrogen-bond acceptors (Lipinski definition) is 2. The minimum absolute atomic E-state index is 0.121. The van der Waals surface area contributed by atoms with E-state index < -0.39 is 0 Å². The van der Waals surface area contributed by atoms with Crippen LogP contribution in [-0.4, -0.2) is 5.97 Å². The summed E-state index contributed by atoms with van der Waals surface area (Å²) < 4.78 is 7.53. The van der Waals surface area contributed by atoms with Gasteiger partial charge in [0.1, 0.15) is 12.3 Å². The highest BCUT2D eigenvalue weighted by Gasteiger charge is 2.04. The van der Waals surface area contributed by atoms with Crippen LogP contribution in [0.2, 0.25) is 0 Å². The van der Waals surface area contributed by atoms with Crippen molar-refractivity contribution in [2.75, 3.05) is 0 Å². The third-order valence-corrected chi connectivity index (χ3v) is 4.30. The predicted octanol–water partition coefficient (Wildman–Crippen LogP) is 5.09. The number of esters is 1. The van der Waals surface area contributed by atoms with Crippen LogP contribution < -0.4 is 9.30 Å². The van der Waals surface area contributed by atoms with E-state index in [1.165, 1.54) is 38.5 Å².